The Labute approximate surface area is 182 Å². The van der Waals surface area contributed by atoms with Gasteiger partial charge in [-0.05, 0) is 42.5 Å². The number of carbonyl (C=O) groups is 2. The Morgan fingerprint density at radius 1 is 1.00 bits per heavy atom. The van der Waals surface area contributed by atoms with E-state index in [0.29, 0.717) is 32.1 Å². The van der Waals surface area contributed by atoms with E-state index in [1.807, 2.05) is 18.2 Å². The Bertz CT molecular complexity index is 1100. The number of anilines is 2. The van der Waals surface area contributed by atoms with Crippen LogP contribution in [-0.4, -0.2) is 11.8 Å². The fourth-order valence-corrected chi connectivity index (χ4v) is 3.72. The van der Waals surface area contributed by atoms with Gasteiger partial charge in [-0.25, -0.2) is 0 Å². The van der Waals surface area contributed by atoms with Crippen LogP contribution in [0.25, 0.3) is 0 Å². The maximum Gasteiger partial charge on any atom is 0.294 e. The number of fused-ring (bicyclic) bond motifs is 1. The highest BCUT2D eigenvalue weighted by atomic mass is 35.5. The molecule has 0 radical (unpaired) electrons. The lowest BCUT2D eigenvalue weighted by molar-refractivity contribution is -0.695. The van der Waals surface area contributed by atoms with Crippen molar-refractivity contribution in [2.75, 3.05) is 10.2 Å². The molecule has 8 heteroatoms. The maximum atomic E-state index is 13.3. The third-order valence-electron chi connectivity index (χ3n) is 4.63. The van der Waals surface area contributed by atoms with Gasteiger partial charge >= 0.3 is 0 Å². The number of nitrogens with one attached hydrogen (secondary N) is 1. The minimum absolute atomic E-state index is 0.112. The summed E-state index contributed by atoms with van der Waals surface area (Å²) in [6.45, 7) is 0.112. The van der Waals surface area contributed by atoms with Gasteiger partial charge in [-0.1, -0.05) is 40.9 Å². The molecule has 2 heterocycles. The van der Waals surface area contributed by atoms with Crippen LogP contribution in [-0.2, 0) is 16.1 Å². The molecule has 1 atom stereocenters. The van der Waals surface area contributed by atoms with Crippen molar-refractivity contribution in [3.63, 3.8) is 0 Å². The lowest BCUT2D eigenvalue weighted by Crippen LogP contribution is -2.58. The van der Waals surface area contributed by atoms with E-state index in [4.69, 9.17) is 34.8 Å². The quantitative estimate of drug-likeness (QED) is 0.594. The van der Waals surface area contributed by atoms with Gasteiger partial charge in [0, 0.05) is 28.5 Å². The van der Waals surface area contributed by atoms with Crippen molar-refractivity contribution in [2.45, 2.75) is 12.6 Å². The first kappa shape index (κ1) is 19.7. The molecule has 2 amide bonds. The lowest BCUT2D eigenvalue weighted by Gasteiger charge is -2.32. The largest absolute Gasteiger partial charge is 0.324 e. The monoisotopic (exact) mass is 446 g/mol. The fourth-order valence-electron chi connectivity index (χ4n) is 3.30. The molecule has 146 valence electrons. The molecular formula is C21H15Cl3N3O2+. The van der Waals surface area contributed by atoms with Crippen molar-refractivity contribution in [1.29, 1.82) is 0 Å². The Morgan fingerprint density at radius 3 is 2.48 bits per heavy atom. The Kier molecular flexibility index (Phi) is 5.46. The molecule has 1 aromatic heterocycles. The van der Waals surface area contributed by atoms with Crippen LogP contribution < -0.4 is 14.8 Å². The summed E-state index contributed by atoms with van der Waals surface area (Å²) in [5.41, 5.74) is 1.76. The van der Waals surface area contributed by atoms with E-state index in [2.05, 4.69) is 5.32 Å². The second-order valence-corrected chi connectivity index (χ2v) is 7.77. The van der Waals surface area contributed by atoms with Crippen LogP contribution in [0.5, 0.6) is 0 Å². The molecule has 1 aliphatic heterocycles. The zero-order valence-corrected chi connectivity index (χ0v) is 17.2. The molecule has 0 saturated carbocycles. The molecule has 29 heavy (non-hydrogen) atoms. The molecule has 4 rings (SSSR count). The highest BCUT2D eigenvalue weighted by Gasteiger charge is 2.43. The van der Waals surface area contributed by atoms with Crippen molar-refractivity contribution in [3.8, 4) is 0 Å². The van der Waals surface area contributed by atoms with Crippen LogP contribution in [0.2, 0.25) is 15.1 Å². The summed E-state index contributed by atoms with van der Waals surface area (Å²) in [5, 5.41) is 4.10. The van der Waals surface area contributed by atoms with E-state index >= 15 is 0 Å². The summed E-state index contributed by atoms with van der Waals surface area (Å²) >= 11 is 18.1. The van der Waals surface area contributed by atoms with Crippen LogP contribution in [0.3, 0.4) is 0 Å². The van der Waals surface area contributed by atoms with Crippen molar-refractivity contribution >= 4 is 58.0 Å². The second-order valence-electron chi connectivity index (χ2n) is 6.51. The highest BCUT2D eigenvalue weighted by molar-refractivity contribution is 6.42. The smallest absolute Gasteiger partial charge is 0.294 e. The van der Waals surface area contributed by atoms with Gasteiger partial charge in [0.15, 0.2) is 6.20 Å². The number of nitrogens with zero attached hydrogens (tertiary/aromatic N) is 2. The van der Waals surface area contributed by atoms with E-state index in [0.717, 1.165) is 0 Å². The average Bonchev–Trinajstić information content (AvgIpc) is 2.71. The summed E-state index contributed by atoms with van der Waals surface area (Å²) in [5.74, 6) is -0.588. The first-order valence-electron chi connectivity index (χ1n) is 8.76. The zero-order chi connectivity index (χ0) is 20.5. The Morgan fingerprint density at radius 2 is 1.76 bits per heavy atom. The molecule has 3 aromatic rings. The number of halogens is 3. The summed E-state index contributed by atoms with van der Waals surface area (Å²) in [4.78, 5) is 27.7. The van der Waals surface area contributed by atoms with Crippen molar-refractivity contribution in [1.82, 2.24) is 0 Å². The number of pyridine rings is 1. The van der Waals surface area contributed by atoms with Gasteiger partial charge < -0.3 is 5.32 Å². The first-order chi connectivity index (χ1) is 13.9. The summed E-state index contributed by atoms with van der Waals surface area (Å²) in [7, 11) is 0. The van der Waals surface area contributed by atoms with Gasteiger partial charge in [0.2, 0.25) is 18.3 Å². The van der Waals surface area contributed by atoms with E-state index in [1.165, 1.54) is 4.90 Å². The number of carbonyl (C=O) groups excluding carboxylic acids is 2. The third-order valence-corrected chi connectivity index (χ3v) is 5.62. The Balaban J connectivity index is 1.78. The molecule has 2 aromatic carbocycles. The predicted molar refractivity (Wildman–Crippen MR) is 113 cm³/mol. The molecule has 0 bridgehead atoms. The molecule has 0 unspecified atom stereocenters. The minimum atomic E-state index is -0.884. The van der Waals surface area contributed by atoms with Gasteiger partial charge in [-0.2, -0.15) is 4.57 Å². The molecular weight excluding hydrogens is 433 g/mol. The standard InChI is InChI=1S/C21H14Cl3N3O2/c22-13-4-6-14(7-5-13)25-21(29)20-18-3-1-2-10-26(18)12-19(28)27(20)15-8-9-16(23)17(24)11-15/h1-11,20H,12H2/p+1/t20-/m1/s1. The SMILES string of the molecule is O=C(Nc1ccc(Cl)cc1)[C@H]1c2cccc[n+]2CC(=O)N1c1ccc(Cl)c(Cl)c1. The van der Waals surface area contributed by atoms with E-state index in [9.17, 15) is 9.59 Å². The minimum Gasteiger partial charge on any atom is -0.324 e. The summed E-state index contributed by atoms with van der Waals surface area (Å²) in [6.07, 6.45) is 1.78. The third kappa shape index (κ3) is 3.94. The van der Waals surface area contributed by atoms with Crippen molar-refractivity contribution in [3.05, 3.63) is 87.6 Å². The molecule has 5 nitrogen and oxygen atoms in total. The number of hydrogen-bond acceptors (Lipinski definition) is 2. The van der Waals surface area contributed by atoms with Gasteiger partial charge in [-0.15, -0.1) is 0 Å². The average molecular weight is 448 g/mol. The van der Waals surface area contributed by atoms with Gasteiger partial charge in [0.05, 0.1) is 10.0 Å². The van der Waals surface area contributed by atoms with Crippen LogP contribution in [0.15, 0.2) is 66.9 Å². The van der Waals surface area contributed by atoms with Crippen molar-refractivity contribution in [2.24, 2.45) is 0 Å². The van der Waals surface area contributed by atoms with Gasteiger partial charge in [0.1, 0.15) is 0 Å². The van der Waals surface area contributed by atoms with E-state index < -0.39 is 6.04 Å². The number of benzene rings is 2. The van der Waals surface area contributed by atoms with Crippen LogP contribution in [0.1, 0.15) is 11.7 Å². The zero-order valence-electron chi connectivity index (χ0n) is 15.0. The molecule has 0 spiro atoms. The molecule has 0 saturated heterocycles. The highest BCUT2D eigenvalue weighted by Crippen LogP contribution is 2.34. The second kappa shape index (κ2) is 8.03. The molecule has 0 fully saturated rings. The van der Waals surface area contributed by atoms with Crippen LogP contribution >= 0.6 is 34.8 Å². The Hall–Kier alpha value is -2.60. The van der Waals surface area contributed by atoms with Gasteiger partial charge in [0.25, 0.3) is 11.8 Å². The van der Waals surface area contributed by atoms with Crippen molar-refractivity contribution < 1.29 is 14.2 Å². The topological polar surface area (TPSA) is 53.3 Å². The predicted octanol–water partition coefficient (Wildman–Crippen LogP) is 4.66. The van der Waals surface area contributed by atoms with E-state index in [1.54, 1.807) is 53.2 Å². The number of hydrogen-bond donors (Lipinski definition) is 1. The number of amides is 2. The van der Waals surface area contributed by atoms with E-state index in [-0.39, 0.29) is 18.4 Å². The molecule has 1 aliphatic rings. The van der Waals surface area contributed by atoms with Crippen LogP contribution in [0, 0.1) is 0 Å². The lowest BCUT2D eigenvalue weighted by atomic mass is 10.0. The molecule has 1 N–H and O–H groups in total. The summed E-state index contributed by atoms with van der Waals surface area (Å²) in [6, 6.07) is 16.2. The molecule has 0 aliphatic carbocycles. The first-order valence-corrected chi connectivity index (χ1v) is 9.89. The number of rotatable bonds is 3. The normalized spacial score (nSPS) is 15.8. The summed E-state index contributed by atoms with van der Waals surface area (Å²) < 4.78 is 1.77. The fraction of sp³-hybridized carbons (Fsp3) is 0.0952. The maximum absolute atomic E-state index is 13.3. The number of aromatic nitrogens is 1. The van der Waals surface area contributed by atoms with Crippen LogP contribution in [0.4, 0.5) is 11.4 Å². The van der Waals surface area contributed by atoms with Gasteiger partial charge in [-0.3, -0.25) is 14.5 Å².